The number of imidazole rings is 1. The second-order valence-electron chi connectivity index (χ2n) is 4.92. The molecule has 2 aromatic rings. The lowest BCUT2D eigenvalue weighted by Crippen LogP contribution is -2.32. The van der Waals surface area contributed by atoms with E-state index >= 15 is 0 Å². The number of fused-ring (bicyclic) bond motifs is 1. The third kappa shape index (κ3) is 2.40. The third-order valence-corrected chi connectivity index (χ3v) is 3.90. The number of hydrogen-bond acceptors (Lipinski definition) is 2. The average Bonchev–Trinajstić information content (AvgIpc) is 3.10. The summed E-state index contributed by atoms with van der Waals surface area (Å²) in [4.78, 5) is 15.2. The zero-order chi connectivity index (χ0) is 13.6. The summed E-state index contributed by atoms with van der Waals surface area (Å²) in [5, 5.41) is 3.64. The van der Waals surface area contributed by atoms with Gasteiger partial charge in [0, 0.05) is 11.1 Å². The van der Waals surface area contributed by atoms with Crippen molar-refractivity contribution < 1.29 is 4.79 Å². The van der Waals surface area contributed by atoms with E-state index in [1.54, 1.807) is 6.07 Å². The molecule has 1 heterocycles. The molecule has 1 amide bonds. The normalized spacial score (nSPS) is 16.5. The summed E-state index contributed by atoms with van der Waals surface area (Å²) in [5.74, 6) is 0.00875. The number of carbonyl (C=O) groups is 1. The maximum atomic E-state index is 12.1. The number of aromatic amines is 1. The van der Waals surface area contributed by atoms with Crippen molar-refractivity contribution in [2.24, 2.45) is 0 Å². The van der Waals surface area contributed by atoms with Gasteiger partial charge < -0.3 is 14.9 Å². The number of nitrogens with zero attached hydrogens (tertiary/aromatic N) is 1. The van der Waals surface area contributed by atoms with Crippen LogP contribution in [0.2, 0.25) is 5.02 Å². The van der Waals surface area contributed by atoms with E-state index in [2.05, 4.69) is 10.3 Å². The fourth-order valence-electron chi connectivity index (χ4n) is 2.15. The number of amides is 1. The highest BCUT2D eigenvalue weighted by Gasteiger charge is 2.27. The molecule has 1 saturated carbocycles. The maximum Gasteiger partial charge on any atom is 0.243 e. The average molecular weight is 296 g/mol. The molecule has 100 valence electrons. The van der Waals surface area contributed by atoms with Crippen molar-refractivity contribution in [2.45, 2.75) is 31.8 Å². The van der Waals surface area contributed by atoms with E-state index in [9.17, 15) is 4.79 Å². The predicted molar refractivity (Wildman–Crippen MR) is 78.0 cm³/mol. The first-order valence-electron chi connectivity index (χ1n) is 6.26. The van der Waals surface area contributed by atoms with Crippen molar-refractivity contribution in [1.29, 1.82) is 0 Å². The SMILES string of the molecule is CC(C(=O)NC1CC1)n1c(=S)[nH]c2cc(Cl)ccc21. The highest BCUT2D eigenvalue weighted by molar-refractivity contribution is 7.71. The van der Waals surface area contributed by atoms with Gasteiger partial charge in [0.15, 0.2) is 4.77 Å². The van der Waals surface area contributed by atoms with Gasteiger partial charge in [0.2, 0.25) is 5.91 Å². The highest BCUT2D eigenvalue weighted by Crippen LogP contribution is 2.24. The summed E-state index contributed by atoms with van der Waals surface area (Å²) in [5.41, 5.74) is 1.75. The fraction of sp³-hybridized carbons (Fsp3) is 0.385. The number of benzene rings is 1. The van der Waals surface area contributed by atoms with Crippen LogP contribution in [0.4, 0.5) is 0 Å². The van der Waals surface area contributed by atoms with Gasteiger partial charge in [0.05, 0.1) is 11.0 Å². The maximum absolute atomic E-state index is 12.1. The summed E-state index contributed by atoms with van der Waals surface area (Å²) in [6.07, 6.45) is 2.15. The molecule has 1 aromatic heterocycles. The molecule has 0 aliphatic heterocycles. The largest absolute Gasteiger partial charge is 0.352 e. The fourth-order valence-corrected chi connectivity index (χ4v) is 2.69. The second-order valence-corrected chi connectivity index (χ2v) is 5.74. The summed E-state index contributed by atoms with van der Waals surface area (Å²) in [6.45, 7) is 1.86. The van der Waals surface area contributed by atoms with Crippen LogP contribution in [0.1, 0.15) is 25.8 Å². The molecule has 1 fully saturated rings. The van der Waals surface area contributed by atoms with E-state index in [-0.39, 0.29) is 11.9 Å². The Bertz CT molecular complexity index is 701. The van der Waals surface area contributed by atoms with Gasteiger partial charge in [-0.2, -0.15) is 0 Å². The Morgan fingerprint density at radius 1 is 1.58 bits per heavy atom. The van der Waals surface area contributed by atoms with E-state index in [0.29, 0.717) is 15.8 Å². The van der Waals surface area contributed by atoms with Crippen molar-refractivity contribution >= 4 is 40.8 Å². The van der Waals surface area contributed by atoms with E-state index in [0.717, 1.165) is 23.9 Å². The Balaban J connectivity index is 2.01. The minimum Gasteiger partial charge on any atom is -0.352 e. The molecule has 1 aromatic carbocycles. The van der Waals surface area contributed by atoms with Crippen LogP contribution in [-0.4, -0.2) is 21.5 Å². The number of H-pyrrole nitrogens is 1. The van der Waals surface area contributed by atoms with E-state index in [1.165, 1.54) is 0 Å². The number of halogens is 1. The van der Waals surface area contributed by atoms with Gasteiger partial charge in [0.25, 0.3) is 0 Å². The van der Waals surface area contributed by atoms with Gasteiger partial charge in [0.1, 0.15) is 6.04 Å². The van der Waals surface area contributed by atoms with E-state index in [4.69, 9.17) is 23.8 Å². The van der Waals surface area contributed by atoms with E-state index < -0.39 is 0 Å². The van der Waals surface area contributed by atoms with Gasteiger partial charge in [-0.05, 0) is 50.2 Å². The molecule has 2 N–H and O–H groups in total. The van der Waals surface area contributed by atoms with Crippen LogP contribution in [-0.2, 0) is 4.79 Å². The Morgan fingerprint density at radius 3 is 3.00 bits per heavy atom. The molecular formula is C13H14ClN3OS. The molecule has 3 rings (SSSR count). The van der Waals surface area contributed by atoms with Crippen LogP contribution in [0, 0.1) is 4.77 Å². The zero-order valence-electron chi connectivity index (χ0n) is 10.4. The van der Waals surface area contributed by atoms with Crippen LogP contribution in [0.3, 0.4) is 0 Å². The van der Waals surface area contributed by atoms with E-state index in [1.807, 2.05) is 23.6 Å². The molecule has 0 spiro atoms. The van der Waals surface area contributed by atoms with Crippen LogP contribution < -0.4 is 5.32 Å². The molecular weight excluding hydrogens is 282 g/mol. The van der Waals surface area contributed by atoms with Crippen molar-refractivity contribution in [1.82, 2.24) is 14.9 Å². The van der Waals surface area contributed by atoms with Crippen molar-refractivity contribution in [3.8, 4) is 0 Å². The summed E-state index contributed by atoms with van der Waals surface area (Å²) < 4.78 is 2.37. The van der Waals surface area contributed by atoms with Crippen LogP contribution >= 0.6 is 23.8 Å². The molecule has 6 heteroatoms. The minimum atomic E-state index is -0.331. The quantitative estimate of drug-likeness (QED) is 0.855. The molecule has 1 unspecified atom stereocenters. The summed E-state index contributed by atoms with van der Waals surface area (Å²) in [6, 6.07) is 5.51. The minimum absolute atomic E-state index is 0.00875. The topological polar surface area (TPSA) is 49.8 Å². The van der Waals surface area contributed by atoms with Crippen molar-refractivity contribution in [2.75, 3.05) is 0 Å². The van der Waals surface area contributed by atoms with Gasteiger partial charge in [-0.1, -0.05) is 11.6 Å². The third-order valence-electron chi connectivity index (χ3n) is 3.37. The predicted octanol–water partition coefficient (Wildman–Crippen LogP) is 3.19. The number of nitrogens with one attached hydrogen (secondary N) is 2. The molecule has 19 heavy (non-hydrogen) atoms. The molecule has 0 bridgehead atoms. The Labute approximate surface area is 120 Å². The van der Waals surface area contributed by atoms with Crippen LogP contribution in [0.15, 0.2) is 18.2 Å². The number of carbonyl (C=O) groups excluding carboxylic acids is 1. The van der Waals surface area contributed by atoms with Gasteiger partial charge in [-0.25, -0.2) is 0 Å². The lowest BCUT2D eigenvalue weighted by atomic mass is 10.2. The standard InChI is InChI=1S/C13H14ClN3OS/c1-7(12(18)15-9-3-4-9)17-11-5-2-8(14)6-10(11)16-13(17)19/h2,5-7,9H,3-4H2,1H3,(H,15,18)(H,16,19). The van der Waals surface area contributed by atoms with Crippen LogP contribution in [0.25, 0.3) is 11.0 Å². The monoisotopic (exact) mass is 295 g/mol. The summed E-state index contributed by atoms with van der Waals surface area (Å²) in [7, 11) is 0. The first kappa shape index (κ1) is 12.7. The number of hydrogen-bond donors (Lipinski definition) is 2. The smallest absolute Gasteiger partial charge is 0.243 e. The molecule has 1 aliphatic rings. The first-order chi connectivity index (χ1) is 9.06. The highest BCUT2D eigenvalue weighted by atomic mass is 35.5. The van der Waals surface area contributed by atoms with Crippen molar-refractivity contribution in [3.05, 3.63) is 28.0 Å². The Hall–Kier alpha value is -1.33. The van der Waals surface area contributed by atoms with Gasteiger partial charge in [-0.3, -0.25) is 4.79 Å². The number of aromatic nitrogens is 2. The summed E-state index contributed by atoms with van der Waals surface area (Å²) >= 11 is 11.3. The van der Waals surface area contributed by atoms with Crippen LogP contribution in [0.5, 0.6) is 0 Å². The molecule has 1 aliphatic carbocycles. The Kier molecular flexibility index (Phi) is 3.11. The lowest BCUT2D eigenvalue weighted by Gasteiger charge is -2.14. The van der Waals surface area contributed by atoms with Gasteiger partial charge >= 0.3 is 0 Å². The zero-order valence-corrected chi connectivity index (χ0v) is 12.0. The molecule has 0 saturated heterocycles. The molecule has 0 radical (unpaired) electrons. The first-order valence-corrected chi connectivity index (χ1v) is 7.05. The second kappa shape index (κ2) is 4.65. The molecule has 4 nitrogen and oxygen atoms in total. The van der Waals surface area contributed by atoms with Gasteiger partial charge in [-0.15, -0.1) is 0 Å². The Morgan fingerprint density at radius 2 is 2.32 bits per heavy atom. The van der Waals surface area contributed by atoms with Crippen molar-refractivity contribution in [3.63, 3.8) is 0 Å². The lowest BCUT2D eigenvalue weighted by molar-refractivity contribution is -0.123. The number of rotatable bonds is 3. The molecule has 1 atom stereocenters.